The fourth-order valence-electron chi connectivity index (χ4n) is 2.32. The van der Waals surface area contributed by atoms with Crippen LogP contribution in [0.15, 0.2) is 0 Å². The van der Waals surface area contributed by atoms with Gasteiger partial charge in [0.2, 0.25) is 11.8 Å². The molecule has 0 radical (unpaired) electrons. The van der Waals surface area contributed by atoms with Crippen molar-refractivity contribution >= 4 is 11.8 Å². The van der Waals surface area contributed by atoms with E-state index in [-0.39, 0.29) is 29.1 Å². The van der Waals surface area contributed by atoms with Crippen LogP contribution in [0, 0.1) is 17.3 Å². The van der Waals surface area contributed by atoms with Crippen molar-refractivity contribution < 1.29 is 14.3 Å². The predicted octanol–water partition coefficient (Wildman–Crippen LogP) is 0.958. The largest absolute Gasteiger partial charge is 0.384 e. The molecule has 1 aliphatic rings. The highest BCUT2D eigenvalue weighted by Gasteiger charge is 2.48. The molecule has 1 heterocycles. The maximum Gasteiger partial charge on any atom is 0.230 e. The van der Waals surface area contributed by atoms with E-state index < -0.39 is 0 Å². The van der Waals surface area contributed by atoms with E-state index in [1.165, 1.54) is 0 Å². The number of carbonyl (C=O) groups is 2. The number of carbonyl (C=O) groups excluding carboxylic acids is 2. The van der Waals surface area contributed by atoms with Crippen LogP contribution in [0.2, 0.25) is 0 Å². The third-order valence-electron chi connectivity index (χ3n) is 3.57. The molecule has 0 saturated carbocycles. The maximum absolute atomic E-state index is 11.6. The average molecular weight is 213 g/mol. The van der Waals surface area contributed by atoms with E-state index in [2.05, 4.69) is 5.32 Å². The highest BCUT2D eigenvalue weighted by Crippen LogP contribution is 2.41. The molecular weight excluding hydrogens is 194 g/mol. The fraction of sp³-hybridized carbons (Fsp3) is 0.818. The molecular formula is C11H19NO3. The molecule has 2 amide bonds. The van der Waals surface area contributed by atoms with Crippen molar-refractivity contribution in [3.05, 3.63) is 0 Å². The van der Waals surface area contributed by atoms with Crippen molar-refractivity contribution in [1.82, 2.24) is 5.32 Å². The molecule has 1 saturated heterocycles. The molecule has 1 aliphatic heterocycles. The van der Waals surface area contributed by atoms with Gasteiger partial charge in [-0.2, -0.15) is 0 Å². The zero-order chi connectivity index (χ0) is 11.6. The molecule has 2 atom stereocenters. The summed E-state index contributed by atoms with van der Waals surface area (Å²) < 4.78 is 5.18. The lowest BCUT2D eigenvalue weighted by Gasteiger charge is -2.43. The van der Waals surface area contributed by atoms with Gasteiger partial charge in [-0.25, -0.2) is 0 Å². The first-order chi connectivity index (χ1) is 6.94. The summed E-state index contributed by atoms with van der Waals surface area (Å²) in [4.78, 5) is 23.0. The number of imide groups is 1. The first-order valence-corrected chi connectivity index (χ1v) is 5.26. The summed E-state index contributed by atoms with van der Waals surface area (Å²) >= 11 is 0. The number of methoxy groups -OCH3 is 1. The van der Waals surface area contributed by atoms with Crippen molar-refractivity contribution in [3.63, 3.8) is 0 Å². The lowest BCUT2D eigenvalue weighted by atomic mass is 9.64. The lowest BCUT2D eigenvalue weighted by molar-refractivity contribution is -0.149. The number of rotatable bonds is 3. The van der Waals surface area contributed by atoms with Gasteiger partial charge >= 0.3 is 0 Å². The van der Waals surface area contributed by atoms with E-state index >= 15 is 0 Å². The van der Waals surface area contributed by atoms with Crippen molar-refractivity contribution in [2.24, 2.45) is 17.3 Å². The Morgan fingerprint density at radius 3 is 2.60 bits per heavy atom. The number of piperidine rings is 1. The summed E-state index contributed by atoms with van der Waals surface area (Å²) in [6.07, 6.45) is 0.366. The summed E-state index contributed by atoms with van der Waals surface area (Å²) in [5, 5.41) is 2.36. The summed E-state index contributed by atoms with van der Waals surface area (Å²) in [6.45, 7) is 6.37. The van der Waals surface area contributed by atoms with Crippen LogP contribution in [0.1, 0.15) is 27.2 Å². The molecule has 2 unspecified atom stereocenters. The normalized spacial score (nSPS) is 31.9. The first-order valence-electron chi connectivity index (χ1n) is 5.26. The Balaban J connectivity index is 3.02. The molecule has 0 aliphatic carbocycles. The molecule has 0 aromatic rings. The second-order valence-electron chi connectivity index (χ2n) is 4.63. The van der Waals surface area contributed by atoms with Gasteiger partial charge < -0.3 is 4.74 Å². The highest BCUT2D eigenvalue weighted by molar-refractivity contribution is 5.99. The topological polar surface area (TPSA) is 55.4 Å². The monoisotopic (exact) mass is 213 g/mol. The second-order valence-corrected chi connectivity index (χ2v) is 4.63. The Labute approximate surface area is 90.4 Å². The highest BCUT2D eigenvalue weighted by atomic mass is 16.5. The quantitative estimate of drug-likeness (QED) is 0.710. The van der Waals surface area contributed by atoms with Crippen LogP contribution in [0.3, 0.4) is 0 Å². The van der Waals surface area contributed by atoms with Gasteiger partial charge in [0.05, 0.1) is 6.61 Å². The SMILES string of the molecule is COCC1(C(C)C)CC(=O)NC(=O)C1C. The van der Waals surface area contributed by atoms with E-state index in [0.717, 1.165) is 0 Å². The minimum Gasteiger partial charge on any atom is -0.384 e. The average Bonchev–Trinajstić information content (AvgIpc) is 2.13. The molecule has 1 rings (SSSR count). The van der Waals surface area contributed by atoms with E-state index in [1.807, 2.05) is 20.8 Å². The van der Waals surface area contributed by atoms with Gasteiger partial charge in [-0.3, -0.25) is 14.9 Å². The minimum atomic E-state index is -0.353. The van der Waals surface area contributed by atoms with Crippen LogP contribution in [0.4, 0.5) is 0 Å². The van der Waals surface area contributed by atoms with Gasteiger partial charge in [0, 0.05) is 24.9 Å². The standard InChI is InChI=1S/C11H19NO3/c1-7(2)11(6-15-4)5-9(13)12-10(14)8(11)3/h7-8H,5-6H2,1-4H3,(H,12,13,14). The van der Waals surface area contributed by atoms with Crippen LogP contribution in [0.25, 0.3) is 0 Å². The smallest absolute Gasteiger partial charge is 0.230 e. The second kappa shape index (κ2) is 4.31. The number of ether oxygens (including phenoxy) is 1. The third kappa shape index (κ3) is 2.04. The molecule has 4 nitrogen and oxygen atoms in total. The van der Waals surface area contributed by atoms with Crippen LogP contribution in [-0.4, -0.2) is 25.5 Å². The first kappa shape index (κ1) is 12.2. The van der Waals surface area contributed by atoms with Crippen molar-refractivity contribution in [3.8, 4) is 0 Å². The van der Waals surface area contributed by atoms with Crippen LogP contribution in [-0.2, 0) is 14.3 Å². The van der Waals surface area contributed by atoms with E-state index in [0.29, 0.717) is 13.0 Å². The number of hydrogen-bond donors (Lipinski definition) is 1. The lowest BCUT2D eigenvalue weighted by Crippen LogP contribution is -2.55. The summed E-state index contributed by atoms with van der Waals surface area (Å²) in [6, 6.07) is 0. The van der Waals surface area contributed by atoms with Crippen molar-refractivity contribution in [1.29, 1.82) is 0 Å². The zero-order valence-electron chi connectivity index (χ0n) is 9.79. The number of hydrogen-bond acceptors (Lipinski definition) is 3. The summed E-state index contributed by atoms with van der Waals surface area (Å²) in [5.74, 6) is -0.321. The van der Waals surface area contributed by atoms with Gasteiger partial charge in [-0.1, -0.05) is 20.8 Å². The predicted molar refractivity (Wildman–Crippen MR) is 56.1 cm³/mol. The third-order valence-corrected chi connectivity index (χ3v) is 3.57. The van der Waals surface area contributed by atoms with Crippen molar-refractivity contribution in [2.45, 2.75) is 27.2 Å². The maximum atomic E-state index is 11.6. The molecule has 0 spiro atoms. The number of amides is 2. The Morgan fingerprint density at radius 1 is 1.53 bits per heavy atom. The minimum absolute atomic E-state index is 0.183. The van der Waals surface area contributed by atoms with Crippen LogP contribution >= 0.6 is 0 Å². The summed E-state index contributed by atoms with van der Waals surface area (Å²) in [5.41, 5.74) is -0.353. The van der Waals surface area contributed by atoms with E-state index in [1.54, 1.807) is 7.11 Å². The van der Waals surface area contributed by atoms with Gasteiger partial charge in [0.15, 0.2) is 0 Å². The molecule has 1 N–H and O–H groups in total. The Morgan fingerprint density at radius 2 is 2.13 bits per heavy atom. The molecule has 15 heavy (non-hydrogen) atoms. The molecule has 0 bridgehead atoms. The van der Waals surface area contributed by atoms with E-state index in [4.69, 9.17) is 4.74 Å². The molecule has 1 fully saturated rings. The molecule has 86 valence electrons. The molecule has 0 aromatic heterocycles. The molecule has 0 aromatic carbocycles. The van der Waals surface area contributed by atoms with Gasteiger partial charge in [-0.05, 0) is 5.92 Å². The fourth-order valence-corrected chi connectivity index (χ4v) is 2.32. The van der Waals surface area contributed by atoms with Crippen LogP contribution < -0.4 is 5.32 Å². The summed E-state index contributed by atoms with van der Waals surface area (Å²) in [7, 11) is 1.60. The van der Waals surface area contributed by atoms with Crippen LogP contribution in [0.5, 0.6) is 0 Å². The van der Waals surface area contributed by atoms with Gasteiger partial charge in [0.25, 0.3) is 0 Å². The Bertz CT molecular complexity index is 275. The van der Waals surface area contributed by atoms with Gasteiger partial charge in [0.1, 0.15) is 0 Å². The Kier molecular flexibility index (Phi) is 3.50. The van der Waals surface area contributed by atoms with Crippen molar-refractivity contribution in [2.75, 3.05) is 13.7 Å². The molecule has 4 heteroatoms. The zero-order valence-corrected chi connectivity index (χ0v) is 9.79. The van der Waals surface area contributed by atoms with E-state index in [9.17, 15) is 9.59 Å². The Hall–Kier alpha value is -0.900. The number of nitrogens with one attached hydrogen (secondary N) is 1. The van der Waals surface area contributed by atoms with Gasteiger partial charge in [-0.15, -0.1) is 0 Å².